The Morgan fingerprint density at radius 1 is 1.41 bits per heavy atom. The van der Waals surface area contributed by atoms with Gasteiger partial charge in [-0.05, 0) is 29.3 Å². The van der Waals surface area contributed by atoms with Crippen LogP contribution in [0.4, 0.5) is 0 Å². The van der Waals surface area contributed by atoms with Crippen LogP contribution in [-0.2, 0) is 0 Å². The van der Waals surface area contributed by atoms with Crippen molar-refractivity contribution in [3.05, 3.63) is 45.2 Å². The molecule has 0 radical (unpaired) electrons. The van der Waals surface area contributed by atoms with Gasteiger partial charge in [0.25, 0.3) is 0 Å². The third-order valence-electron chi connectivity index (χ3n) is 3.13. The minimum atomic E-state index is -0.317. The van der Waals surface area contributed by atoms with Crippen LogP contribution in [0.1, 0.15) is 6.92 Å². The van der Waals surface area contributed by atoms with E-state index in [9.17, 15) is 4.79 Å². The molecule has 0 bridgehead atoms. The Hall–Kier alpha value is -1.50. The highest BCUT2D eigenvalue weighted by Gasteiger charge is 2.16. The van der Waals surface area contributed by atoms with Gasteiger partial charge >= 0.3 is 5.69 Å². The number of hydrogen-bond donors (Lipinski definition) is 0. The lowest BCUT2D eigenvalue weighted by Crippen LogP contribution is -2.22. The molecule has 2 aromatic heterocycles. The number of nitrogens with zero attached hydrogens (tertiary/aromatic N) is 2. The van der Waals surface area contributed by atoms with Crippen LogP contribution in [0.2, 0.25) is 5.02 Å². The zero-order chi connectivity index (χ0) is 15.7. The summed E-state index contributed by atoms with van der Waals surface area (Å²) in [4.78, 5) is 16.8. The summed E-state index contributed by atoms with van der Waals surface area (Å²) in [5, 5.41) is 3.30. The number of thiophene rings is 1. The molecule has 0 atom stereocenters. The molecule has 0 saturated heterocycles. The fraction of sp³-hybridized carbons (Fsp3) is 0.200. The Kier molecular flexibility index (Phi) is 4.42. The van der Waals surface area contributed by atoms with Crippen LogP contribution in [0.25, 0.3) is 15.9 Å². The maximum atomic E-state index is 12.5. The van der Waals surface area contributed by atoms with Crippen LogP contribution in [0, 0.1) is 0 Å². The second-order valence-corrected chi connectivity index (χ2v) is 7.02. The second-order valence-electron chi connectivity index (χ2n) is 4.42. The number of rotatable bonds is 4. The summed E-state index contributed by atoms with van der Waals surface area (Å²) in [6, 6.07) is 7.12. The summed E-state index contributed by atoms with van der Waals surface area (Å²) in [6.07, 6.45) is 0. The van der Waals surface area contributed by atoms with Crippen LogP contribution in [0.3, 0.4) is 0 Å². The summed E-state index contributed by atoms with van der Waals surface area (Å²) in [5.74, 6) is 1.41. The Balaban J connectivity index is 2.33. The zero-order valence-electron chi connectivity index (χ0n) is 12.0. The molecule has 3 rings (SSSR count). The highest BCUT2D eigenvalue weighted by atomic mass is 35.5. The van der Waals surface area contributed by atoms with E-state index < -0.39 is 0 Å². The van der Waals surface area contributed by atoms with Gasteiger partial charge in [-0.15, -0.1) is 23.1 Å². The number of halogens is 1. The van der Waals surface area contributed by atoms with Crippen LogP contribution in [-0.4, -0.2) is 22.4 Å². The number of fused-ring (bicyclic) bond motifs is 1. The molecule has 114 valence electrons. The number of thioether (sulfide) groups is 1. The molecule has 0 aliphatic heterocycles. The Morgan fingerprint density at radius 3 is 2.95 bits per heavy atom. The average Bonchev–Trinajstić information content (AvgIpc) is 2.98. The number of benzene rings is 1. The van der Waals surface area contributed by atoms with Gasteiger partial charge in [0.2, 0.25) is 0 Å². The molecule has 7 heteroatoms. The van der Waals surface area contributed by atoms with E-state index in [0.717, 1.165) is 21.0 Å². The monoisotopic (exact) mass is 352 g/mol. The first-order valence-electron chi connectivity index (χ1n) is 6.62. The van der Waals surface area contributed by atoms with E-state index in [1.807, 2.05) is 18.4 Å². The molecular weight excluding hydrogens is 340 g/mol. The van der Waals surface area contributed by atoms with Gasteiger partial charge < -0.3 is 4.74 Å². The molecule has 3 aromatic rings. The Morgan fingerprint density at radius 2 is 2.23 bits per heavy atom. The van der Waals surface area contributed by atoms with Crippen LogP contribution >= 0.6 is 34.7 Å². The van der Waals surface area contributed by atoms with Crippen molar-refractivity contribution in [2.24, 2.45) is 0 Å². The lowest BCUT2D eigenvalue weighted by Gasteiger charge is -2.13. The molecule has 0 amide bonds. The number of hydrogen-bond acceptors (Lipinski definition) is 5. The molecular formula is C15H13ClN2O2S2. The van der Waals surface area contributed by atoms with E-state index >= 15 is 0 Å². The fourth-order valence-electron chi connectivity index (χ4n) is 2.23. The third kappa shape index (κ3) is 2.62. The molecule has 0 saturated carbocycles. The molecule has 22 heavy (non-hydrogen) atoms. The predicted octanol–water partition coefficient (Wildman–Crippen LogP) is 4.22. The van der Waals surface area contributed by atoms with E-state index in [1.54, 1.807) is 53.0 Å². The highest BCUT2D eigenvalue weighted by Crippen LogP contribution is 2.33. The van der Waals surface area contributed by atoms with E-state index in [2.05, 4.69) is 4.98 Å². The molecule has 4 nitrogen and oxygen atoms in total. The van der Waals surface area contributed by atoms with Crippen molar-refractivity contribution in [3.8, 4) is 11.4 Å². The van der Waals surface area contributed by atoms with Crippen LogP contribution in [0.15, 0.2) is 39.5 Å². The topological polar surface area (TPSA) is 44.1 Å². The first kappa shape index (κ1) is 15.4. The maximum Gasteiger partial charge on any atom is 0.353 e. The third-order valence-corrected chi connectivity index (χ3v) is 5.26. The second kappa shape index (κ2) is 6.32. The minimum absolute atomic E-state index is 0.317. The van der Waals surface area contributed by atoms with Gasteiger partial charge in [-0.3, -0.25) is 4.57 Å². The van der Waals surface area contributed by atoms with Gasteiger partial charge in [-0.25, -0.2) is 4.79 Å². The van der Waals surface area contributed by atoms with Gasteiger partial charge in [0.15, 0.2) is 0 Å². The molecule has 0 spiro atoms. The van der Waals surface area contributed by atoms with E-state index in [4.69, 9.17) is 16.3 Å². The maximum absolute atomic E-state index is 12.5. The molecule has 0 aliphatic rings. The largest absolute Gasteiger partial charge is 0.495 e. The summed E-state index contributed by atoms with van der Waals surface area (Å²) in [7, 11) is 1.56. The minimum Gasteiger partial charge on any atom is -0.495 e. The molecule has 1 aromatic carbocycles. The average molecular weight is 353 g/mol. The zero-order valence-corrected chi connectivity index (χ0v) is 14.4. The molecule has 0 fully saturated rings. The molecule has 0 unspecified atom stereocenters. The number of aromatic nitrogens is 2. The Bertz CT molecular complexity index is 889. The van der Waals surface area contributed by atoms with Crippen molar-refractivity contribution in [1.29, 1.82) is 0 Å². The lowest BCUT2D eigenvalue weighted by atomic mass is 10.2. The van der Waals surface area contributed by atoms with E-state index in [-0.39, 0.29) is 5.69 Å². The summed E-state index contributed by atoms with van der Waals surface area (Å²) >= 11 is 9.15. The highest BCUT2D eigenvalue weighted by molar-refractivity contribution is 7.99. The van der Waals surface area contributed by atoms with Crippen LogP contribution in [0.5, 0.6) is 5.75 Å². The van der Waals surface area contributed by atoms with Gasteiger partial charge in [-0.2, -0.15) is 4.98 Å². The number of methoxy groups -OCH3 is 1. The predicted molar refractivity (Wildman–Crippen MR) is 93.2 cm³/mol. The smallest absolute Gasteiger partial charge is 0.353 e. The van der Waals surface area contributed by atoms with Crippen molar-refractivity contribution in [2.45, 2.75) is 11.9 Å². The lowest BCUT2D eigenvalue weighted by molar-refractivity contribution is 0.412. The quantitative estimate of drug-likeness (QED) is 0.521. The van der Waals surface area contributed by atoms with Crippen molar-refractivity contribution in [3.63, 3.8) is 0 Å². The summed E-state index contributed by atoms with van der Waals surface area (Å²) < 4.78 is 7.94. The molecule has 2 heterocycles. The van der Waals surface area contributed by atoms with E-state index in [1.165, 1.54) is 0 Å². The standard InChI is InChI=1S/C15H13ClN2O2S2/c1-3-21-14-13-11(6-7-22-13)18(15(19)17-14)10-5-4-9(16)8-12(10)20-2/h4-8H,3H2,1-2H3. The van der Waals surface area contributed by atoms with Crippen LogP contribution < -0.4 is 10.4 Å². The molecule has 0 N–H and O–H groups in total. The van der Waals surface area contributed by atoms with Gasteiger partial charge in [-0.1, -0.05) is 18.5 Å². The first-order valence-corrected chi connectivity index (χ1v) is 8.87. The van der Waals surface area contributed by atoms with Crippen molar-refractivity contribution < 1.29 is 4.74 Å². The summed E-state index contributed by atoms with van der Waals surface area (Å²) in [5.41, 5.74) is 1.16. The summed E-state index contributed by atoms with van der Waals surface area (Å²) in [6.45, 7) is 2.04. The first-order chi connectivity index (χ1) is 10.7. The van der Waals surface area contributed by atoms with Crippen molar-refractivity contribution in [1.82, 2.24) is 9.55 Å². The SMILES string of the molecule is CCSc1nc(=O)n(-c2ccc(Cl)cc2OC)c2ccsc12. The van der Waals surface area contributed by atoms with Gasteiger partial charge in [0, 0.05) is 11.1 Å². The van der Waals surface area contributed by atoms with Gasteiger partial charge in [0.05, 0.1) is 23.0 Å². The van der Waals surface area contributed by atoms with Crippen molar-refractivity contribution >= 4 is 44.9 Å². The van der Waals surface area contributed by atoms with E-state index in [0.29, 0.717) is 16.5 Å². The number of ether oxygens (including phenoxy) is 1. The normalized spacial score (nSPS) is 11.0. The van der Waals surface area contributed by atoms with Gasteiger partial charge in [0.1, 0.15) is 10.8 Å². The molecule has 0 aliphatic carbocycles. The Labute approximate surface area is 140 Å². The fourth-order valence-corrected chi connectivity index (χ4v) is 4.13. The van der Waals surface area contributed by atoms with Crippen molar-refractivity contribution in [2.75, 3.05) is 12.9 Å².